The summed E-state index contributed by atoms with van der Waals surface area (Å²) in [4.78, 5) is 8.46. The molecule has 7 heteroatoms. The molecule has 2 heterocycles. The molecule has 0 atom stereocenters. The molecule has 144 valence electrons. The Morgan fingerprint density at radius 3 is 2.66 bits per heavy atom. The van der Waals surface area contributed by atoms with Crippen LogP contribution >= 0.6 is 0 Å². The summed E-state index contributed by atoms with van der Waals surface area (Å²) in [6.45, 7) is 1.07. The average Bonchev–Trinajstić information content (AvgIpc) is 2.77. The van der Waals surface area contributed by atoms with Crippen LogP contribution in [0.15, 0.2) is 67.0 Å². The van der Waals surface area contributed by atoms with Gasteiger partial charge in [0.15, 0.2) is 17.3 Å². The Balaban J connectivity index is 1.44. The molecule has 0 spiro atoms. The topological polar surface area (TPSA) is 91.5 Å². The van der Waals surface area contributed by atoms with Gasteiger partial charge in [-0.1, -0.05) is 36.4 Å². The van der Waals surface area contributed by atoms with E-state index < -0.39 is 0 Å². The fourth-order valence-electron chi connectivity index (χ4n) is 3.21. The van der Waals surface area contributed by atoms with Gasteiger partial charge >= 0.3 is 0 Å². The molecule has 0 saturated heterocycles. The van der Waals surface area contributed by atoms with Crippen LogP contribution in [0.5, 0.6) is 23.1 Å². The van der Waals surface area contributed by atoms with Crippen LogP contribution in [-0.4, -0.2) is 23.2 Å². The minimum Gasteiger partial charge on any atom is -0.486 e. The Morgan fingerprint density at radius 1 is 0.897 bits per heavy atom. The number of benzene rings is 3. The summed E-state index contributed by atoms with van der Waals surface area (Å²) in [5.41, 5.74) is 7.38. The summed E-state index contributed by atoms with van der Waals surface area (Å²) in [5.74, 6) is 2.82. The molecule has 0 saturated carbocycles. The van der Waals surface area contributed by atoms with Crippen molar-refractivity contribution in [2.24, 2.45) is 0 Å². The fourth-order valence-corrected chi connectivity index (χ4v) is 3.21. The third-order valence-corrected chi connectivity index (χ3v) is 4.61. The summed E-state index contributed by atoms with van der Waals surface area (Å²) in [7, 11) is 0. The molecule has 0 unspecified atom stereocenters. The van der Waals surface area contributed by atoms with Gasteiger partial charge in [0.2, 0.25) is 5.88 Å². The van der Waals surface area contributed by atoms with Crippen LogP contribution in [0.3, 0.4) is 0 Å². The molecule has 1 aliphatic heterocycles. The van der Waals surface area contributed by atoms with E-state index in [9.17, 15) is 0 Å². The quantitative estimate of drug-likeness (QED) is 0.533. The highest BCUT2D eigenvalue weighted by atomic mass is 16.6. The zero-order valence-electron chi connectivity index (χ0n) is 15.5. The Kier molecular flexibility index (Phi) is 4.25. The first-order valence-electron chi connectivity index (χ1n) is 9.21. The minimum atomic E-state index is 0.288. The van der Waals surface area contributed by atoms with E-state index in [0.29, 0.717) is 36.2 Å². The van der Waals surface area contributed by atoms with Gasteiger partial charge in [-0.15, -0.1) is 0 Å². The van der Waals surface area contributed by atoms with E-state index in [2.05, 4.69) is 15.3 Å². The number of aromatic nitrogens is 2. The summed E-state index contributed by atoms with van der Waals surface area (Å²) in [5, 5.41) is 5.25. The number of nitrogens with zero attached hydrogens (tertiary/aromatic N) is 2. The average molecular weight is 386 g/mol. The smallest absolute Gasteiger partial charge is 0.248 e. The zero-order chi connectivity index (χ0) is 19.6. The lowest BCUT2D eigenvalue weighted by molar-refractivity contribution is 0.171. The van der Waals surface area contributed by atoms with E-state index >= 15 is 0 Å². The number of fused-ring (bicyclic) bond motifs is 2. The number of nitrogens with one attached hydrogen (secondary N) is 1. The first-order chi connectivity index (χ1) is 14.3. The highest BCUT2D eigenvalue weighted by molar-refractivity contribution is 5.88. The number of nitrogens with two attached hydrogens (primary N) is 1. The maximum Gasteiger partial charge on any atom is 0.248 e. The Hall–Kier alpha value is -4.00. The molecule has 0 radical (unpaired) electrons. The molecule has 5 rings (SSSR count). The second-order valence-corrected chi connectivity index (χ2v) is 6.50. The van der Waals surface area contributed by atoms with Crippen LogP contribution in [0.25, 0.3) is 10.8 Å². The Morgan fingerprint density at radius 2 is 1.72 bits per heavy atom. The van der Waals surface area contributed by atoms with Crippen LogP contribution in [-0.2, 0) is 0 Å². The van der Waals surface area contributed by atoms with Crippen molar-refractivity contribution >= 4 is 28.0 Å². The van der Waals surface area contributed by atoms with Crippen molar-refractivity contribution < 1.29 is 14.2 Å². The van der Waals surface area contributed by atoms with Gasteiger partial charge in [0.1, 0.15) is 31.0 Å². The molecule has 3 aromatic carbocycles. The molecule has 0 fully saturated rings. The predicted octanol–water partition coefficient (Wildman–Crippen LogP) is 4.52. The maximum absolute atomic E-state index is 6.29. The molecule has 3 N–H and O–H groups in total. The second kappa shape index (κ2) is 7.20. The summed E-state index contributed by atoms with van der Waals surface area (Å²) in [6.07, 6.45) is 1.41. The van der Waals surface area contributed by atoms with Crippen LogP contribution in [0.4, 0.5) is 17.2 Å². The van der Waals surface area contributed by atoms with Gasteiger partial charge in [-0.3, -0.25) is 0 Å². The lowest BCUT2D eigenvalue weighted by Crippen LogP contribution is -2.15. The van der Waals surface area contributed by atoms with Crippen molar-refractivity contribution in [3.05, 3.63) is 67.0 Å². The SMILES string of the molecule is Nc1c(Nc2ccc3c(c2)OCCO3)ncnc1Oc1cccc2ccccc12. The van der Waals surface area contributed by atoms with Crippen LogP contribution in [0.1, 0.15) is 0 Å². The number of ether oxygens (including phenoxy) is 3. The molecule has 1 aromatic heterocycles. The number of hydrogen-bond donors (Lipinski definition) is 2. The standard InChI is InChI=1S/C22H18N4O3/c23-20-21(26-15-8-9-18-19(12-15)28-11-10-27-18)24-13-25-22(20)29-17-7-3-5-14-4-1-2-6-16(14)17/h1-9,12-13H,10-11,23H2,(H,24,25,26). The predicted molar refractivity (Wildman–Crippen MR) is 111 cm³/mol. The first kappa shape index (κ1) is 17.1. The first-order valence-corrected chi connectivity index (χ1v) is 9.21. The lowest BCUT2D eigenvalue weighted by Gasteiger charge is -2.19. The van der Waals surface area contributed by atoms with Crippen molar-refractivity contribution in [1.82, 2.24) is 9.97 Å². The van der Waals surface area contributed by atoms with E-state index in [0.717, 1.165) is 22.2 Å². The summed E-state index contributed by atoms with van der Waals surface area (Å²) >= 11 is 0. The molecule has 7 nitrogen and oxygen atoms in total. The van der Waals surface area contributed by atoms with Crippen molar-refractivity contribution in [2.75, 3.05) is 24.3 Å². The van der Waals surface area contributed by atoms with Gasteiger partial charge in [0.25, 0.3) is 0 Å². The van der Waals surface area contributed by atoms with Gasteiger partial charge in [-0.05, 0) is 23.6 Å². The molecule has 0 bridgehead atoms. The lowest BCUT2D eigenvalue weighted by atomic mass is 10.1. The van der Waals surface area contributed by atoms with Crippen LogP contribution in [0.2, 0.25) is 0 Å². The van der Waals surface area contributed by atoms with Gasteiger partial charge in [0.05, 0.1) is 0 Å². The maximum atomic E-state index is 6.29. The fraction of sp³-hybridized carbons (Fsp3) is 0.0909. The summed E-state index contributed by atoms with van der Waals surface area (Å²) < 4.78 is 17.2. The monoisotopic (exact) mass is 386 g/mol. The third-order valence-electron chi connectivity index (χ3n) is 4.61. The van der Waals surface area contributed by atoms with Gasteiger partial charge in [0, 0.05) is 17.1 Å². The van der Waals surface area contributed by atoms with E-state index in [1.165, 1.54) is 6.33 Å². The summed E-state index contributed by atoms with van der Waals surface area (Å²) in [6, 6.07) is 19.4. The van der Waals surface area contributed by atoms with Gasteiger partial charge in [-0.2, -0.15) is 4.98 Å². The molecule has 1 aliphatic rings. The van der Waals surface area contributed by atoms with E-state index in [1.807, 2.05) is 60.7 Å². The van der Waals surface area contributed by atoms with E-state index in [1.54, 1.807) is 0 Å². The van der Waals surface area contributed by atoms with Crippen molar-refractivity contribution in [2.45, 2.75) is 0 Å². The molecular weight excluding hydrogens is 368 g/mol. The van der Waals surface area contributed by atoms with Gasteiger partial charge < -0.3 is 25.3 Å². The number of rotatable bonds is 4. The number of hydrogen-bond acceptors (Lipinski definition) is 7. The Bertz CT molecular complexity index is 1190. The zero-order valence-corrected chi connectivity index (χ0v) is 15.5. The highest BCUT2D eigenvalue weighted by Crippen LogP contribution is 2.36. The van der Waals surface area contributed by atoms with Crippen molar-refractivity contribution in [1.29, 1.82) is 0 Å². The van der Waals surface area contributed by atoms with Crippen LogP contribution in [0, 0.1) is 0 Å². The van der Waals surface area contributed by atoms with Crippen molar-refractivity contribution in [3.63, 3.8) is 0 Å². The molecule has 0 aliphatic carbocycles. The highest BCUT2D eigenvalue weighted by Gasteiger charge is 2.15. The number of anilines is 3. The number of nitrogen functional groups attached to an aromatic ring is 1. The van der Waals surface area contributed by atoms with Crippen LogP contribution < -0.4 is 25.3 Å². The molecule has 29 heavy (non-hydrogen) atoms. The molecule has 0 amide bonds. The minimum absolute atomic E-state index is 0.288. The Labute approximate surface area is 167 Å². The molecular formula is C22H18N4O3. The van der Waals surface area contributed by atoms with E-state index in [4.69, 9.17) is 19.9 Å². The second-order valence-electron chi connectivity index (χ2n) is 6.50. The van der Waals surface area contributed by atoms with Crippen molar-refractivity contribution in [3.8, 4) is 23.1 Å². The van der Waals surface area contributed by atoms with Gasteiger partial charge in [-0.25, -0.2) is 4.98 Å². The third kappa shape index (κ3) is 3.34. The largest absolute Gasteiger partial charge is 0.486 e. The normalized spacial score (nSPS) is 12.6. The van der Waals surface area contributed by atoms with E-state index in [-0.39, 0.29) is 5.88 Å². The molecule has 4 aromatic rings.